The standard InChI is InChI=1S/C9H15NO3/c1-6(2)5-13-9(12)8(4-10)7(3)11/h6-8,11H,5H2,1-3H3/t7?,8-/m1/s1. The highest BCUT2D eigenvalue weighted by Crippen LogP contribution is 2.05. The van der Waals surface area contributed by atoms with Crippen molar-refractivity contribution in [3.63, 3.8) is 0 Å². The van der Waals surface area contributed by atoms with Gasteiger partial charge in [-0.15, -0.1) is 0 Å². The number of esters is 1. The Hall–Kier alpha value is -1.08. The van der Waals surface area contributed by atoms with E-state index in [0.29, 0.717) is 0 Å². The van der Waals surface area contributed by atoms with Crippen molar-refractivity contribution < 1.29 is 14.6 Å². The van der Waals surface area contributed by atoms with Gasteiger partial charge in [-0.05, 0) is 12.8 Å². The van der Waals surface area contributed by atoms with E-state index in [1.165, 1.54) is 6.92 Å². The van der Waals surface area contributed by atoms with Crippen LogP contribution in [0.5, 0.6) is 0 Å². The zero-order valence-electron chi connectivity index (χ0n) is 8.15. The molecule has 0 spiro atoms. The number of carbonyl (C=O) groups is 1. The van der Waals surface area contributed by atoms with Crippen LogP contribution in [0, 0.1) is 23.2 Å². The van der Waals surface area contributed by atoms with Crippen molar-refractivity contribution in [2.45, 2.75) is 26.9 Å². The van der Waals surface area contributed by atoms with E-state index in [-0.39, 0.29) is 12.5 Å². The number of hydrogen-bond acceptors (Lipinski definition) is 4. The van der Waals surface area contributed by atoms with Gasteiger partial charge in [0.25, 0.3) is 0 Å². The Bertz CT molecular complexity index is 205. The van der Waals surface area contributed by atoms with E-state index in [4.69, 9.17) is 15.1 Å². The molecule has 1 N–H and O–H groups in total. The fourth-order valence-corrected chi connectivity index (χ4v) is 0.696. The zero-order chi connectivity index (χ0) is 10.4. The fourth-order valence-electron chi connectivity index (χ4n) is 0.696. The summed E-state index contributed by atoms with van der Waals surface area (Å²) in [7, 11) is 0. The molecule has 0 aromatic rings. The minimum atomic E-state index is -1.07. The molecule has 0 bridgehead atoms. The van der Waals surface area contributed by atoms with Crippen LogP contribution in [0.25, 0.3) is 0 Å². The molecule has 13 heavy (non-hydrogen) atoms. The lowest BCUT2D eigenvalue weighted by Crippen LogP contribution is -2.27. The molecular formula is C9H15NO3. The normalized spacial score (nSPS) is 14.8. The first-order valence-electron chi connectivity index (χ1n) is 4.23. The molecule has 4 heteroatoms. The van der Waals surface area contributed by atoms with Gasteiger partial charge in [0.05, 0.1) is 18.8 Å². The number of ether oxygens (including phenoxy) is 1. The van der Waals surface area contributed by atoms with Crippen molar-refractivity contribution in [1.82, 2.24) is 0 Å². The minimum absolute atomic E-state index is 0.234. The first-order chi connectivity index (χ1) is 5.99. The summed E-state index contributed by atoms with van der Waals surface area (Å²) in [5.41, 5.74) is 0. The molecule has 0 aliphatic carbocycles. The Kier molecular flexibility index (Phi) is 5.09. The topological polar surface area (TPSA) is 70.3 Å². The quantitative estimate of drug-likeness (QED) is 0.655. The van der Waals surface area contributed by atoms with Gasteiger partial charge in [-0.2, -0.15) is 5.26 Å². The molecule has 0 heterocycles. The molecule has 0 rings (SSSR count). The first-order valence-corrected chi connectivity index (χ1v) is 4.23. The molecule has 0 amide bonds. The summed E-state index contributed by atoms with van der Waals surface area (Å²) < 4.78 is 4.80. The monoisotopic (exact) mass is 185 g/mol. The Morgan fingerprint density at radius 3 is 2.38 bits per heavy atom. The predicted octanol–water partition coefficient (Wildman–Crippen LogP) is 0.706. The average molecular weight is 185 g/mol. The van der Waals surface area contributed by atoms with E-state index in [1.807, 2.05) is 13.8 Å². The summed E-state index contributed by atoms with van der Waals surface area (Å²) >= 11 is 0. The van der Waals surface area contributed by atoms with Crippen molar-refractivity contribution in [3.05, 3.63) is 0 Å². The summed E-state index contributed by atoms with van der Waals surface area (Å²) in [6, 6.07) is 1.70. The second kappa shape index (κ2) is 5.55. The summed E-state index contributed by atoms with van der Waals surface area (Å²) in [6.45, 7) is 5.47. The second-order valence-corrected chi connectivity index (χ2v) is 3.37. The molecule has 0 aliphatic rings. The van der Waals surface area contributed by atoms with E-state index in [1.54, 1.807) is 6.07 Å². The zero-order valence-corrected chi connectivity index (χ0v) is 8.15. The maximum absolute atomic E-state index is 11.1. The van der Waals surface area contributed by atoms with E-state index < -0.39 is 18.0 Å². The summed E-state index contributed by atoms with van der Waals surface area (Å²) in [4.78, 5) is 11.1. The molecule has 0 aromatic heterocycles. The van der Waals surface area contributed by atoms with Gasteiger partial charge in [0, 0.05) is 0 Å². The molecule has 1 unspecified atom stereocenters. The van der Waals surface area contributed by atoms with Crippen LogP contribution < -0.4 is 0 Å². The van der Waals surface area contributed by atoms with Crippen molar-refractivity contribution in [1.29, 1.82) is 5.26 Å². The SMILES string of the molecule is CC(C)COC(=O)[C@H](C#N)C(C)O. The average Bonchev–Trinajstić information content (AvgIpc) is 2.01. The number of aliphatic hydroxyl groups excluding tert-OH is 1. The van der Waals surface area contributed by atoms with Gasteiger partial charge in [0.1, 0.15) is 0 Å². The van der Waals surface area contributed by atoms with E-state index >= 15 is 0 Å². The molecule has 0 radical (unpaired) electrons. The smallest absolute Gasteiger partial charge is 0.326 e. The van der Waals surface area contributed by atoms with Gasteiger partial charge >= 0.3 is 5.97 Å². The lowest BCUT2D eigenvalue weighted by atomic mass is 10.1. The molecule has 2 atom stereocenters. The van der Waals surface area contributed by atoms with Gasteiger partial charge in [-0.3, -0.25) is 4.79 Å². The highest BCUT2D eigenvalue weighted by molar-refractivity contribution is 5.75. The van der Waals surface area contributed by atoms with Crippen LogP contribution in [0.4, 0.5) is 0 Å². The molecule has 0 aliphatic heterocycles. The highest BCUT2D eigenvalue weighted by atomic mass is 16.5. The van der Waals surface area contributed by atoms with Crippen LogP contribution in [-0.4, -0.2) is 23.8 Å². The van der Waals surface area contributed by atoms with Crippen LogP contribution in [0.3, 0.4) is 0 Å². The lowest BCUT2D eigenvalue weighted by molar-refractivity contribution is -0.150. The number of rotatable bonds is 4. The molecule has 0 aromatic carbocycles. The minimum Gasteiger partial charge on any atom is -0.464 e. The third-order valence-electron chi connectivity index (χ3n) is 1.43. The summed E-state index contributed by atoms with van der Waals surface area (Å²) in [5, 5.41) is 17.5. The number of aliphatic hydroxyl groups is 1. The Morgan fingerprint density at radius 1 is 1.54 bits per heavy atom. The van der Waals surface area contributed by atoms with Gasteiger partial charge in [0.15, 0.2) is 5.92 Å². The Labute approximate surface area is 78.1 Å². The van der Waals surface area contributed by atoms with Crippen LogP contribution in [0.15, 0.2) is 0 Å². The third kappa shape index (κ3) is 4.48. The fraction of sp³-hybridized carbons (Fsp3) is 0.778. The van der Waals surface area contributed by atoms with Crippen LogP contribution in [-0.2, 0) is 9.53 Å². The summed E-state index contributed by atoms with van der Waals surface area (Å²) in [5.74, 6) is -1.48. The van der Waals surface area contributed by atoms with Gasteiger partial charge < -0.3 is 9.84 Å². The molecule has 0 fully saturated rings. The first kappa shape index (κ1) is 11.9. The van der Waals surface area contributed by atoms with E-state index in [2.05, 4.69) is 0 Å². The number of nitrogens with zero attached hydrogens (tertiary/aromatic N) is 1. The molecule has 74 valence electrons. The second-order valence-electron chi connectivity index (χ2n) is 3.37. The van der Waals surface area contributed by atoms with Gasteiger partial charge in [-0.25, -0.2) is 0 Å². The van der Waals surface area contributed by atoms with Crippen molar-refractivity contribution >= 4 is 5.97 Å². The largest absolute Gasteiger partial charge is 0.464 e. The maximum atomic E-state index is 11.1. The summed E-state index contributed by atoms with van der Waals surface area (Å²) in [6.07, 6.45) is -0.982. The van der Waals surface area contributed by atoms with E-state index in [9.17, 15) is 4.79 Å². The molecule has 4 nitrogen and oxygen atoms in total. The molecule has 0 saturated heterocycles. The Balaban J connectivity index is 4.02. The lowest BCUT2D eigenvalue weighted by Gasteiger charge is -2.12. The molecular weight excluding hydrogens is 170 g/mol. The van der Waals surface area contributed by atoms with Crippen molar-refractivity contribution in [2.75, 3.05) is 6.61 Å². The Morgan fingerprint density at radius 2 is 2.08 bits per heavy atom. The van der Waals surface area contributed by atoms with Crippen LogP contribution in [0.1, 0.15) is 20.8 Å². The number of hydrogen-bond donors (Lipinski definition) is 1. The molecule has 0 saturated carbocycles. The number of carbonyl (C=O) groups excluding carboxylic acids is 1. The third-order valence-corrected chi connectivity index (χ3v) is 1.43. The van der Waals surface area contributed by atoms with Crippen molar-refractivity contribution in [3.8, 4) is 6.07 Å². The van der Waals surface area contributed by atoms with Crippen LogP contribution in [0.2, 0.25) is 0 Å². The van der Waals surface area contributed by atoms with Crippen molar-refractivity contribution in [2.24, 2.45) is 11.8 Å². The van der Waals surface area contributed by atoms with Gasteiger partial charge in [0.2, 0.25) is 0 Å². The highest BCUT2D eigenvalue weighted by Gasteiger charge is 2.24. The van der Waals surface area contributed by atoms with E-state index in [0.717, 1.165) is 0 Å². The number of nitriles is 1. The van der Waals surface area contributed by atoms with Gasteiger partial charge in [-0.1, -0.05) is 13.8 Å². The predicted molar refractivity (Wildman–Crippen MR) is 46.6 cm³/mol. The van der Waals surface area contributed by atoms with Crippen LogP contribution >= 0.6 is 0 Å². The maximum Gasteiger partial charge on any atom is 0.326 e.